The van der Waals surface area contributed by atoms with Crippen LogP contribution >= 0.6 is 319 Å². The molecule has 7 fully saturated rings. The van der Waals surface area contributed by atoms with Gasteiger partial charge in [-0.3, -0.25) is 14.9 Å². The van der Waals surface area contributed by atoms with Gasteiger partial charge in [-0.05, 0) is 443 Å². The van der Waals surface area contributed by atoms with Gasteiger partial charge in [-0.25, -0.2) is 4.99 Å². The van der Waals surface area contributed by atoms with Crippen molar-refractivity contribution in [1.29, 1.82) is 0 Å². The number of phenols is 2. The van der Waals surface area contributed by atoms with Crippen LogP contribution in [-0.2, 0) is 28.5 Å². The van der Waals surface area contributed by atoms with Crippen molar-refractivity contribution < 1.29 is 93.9 Å². The molecule has 0 atom stereocenters. The number of carbonyl (C=O) groups is 2. The SMILES string of the molecule is CC1=NCC[NH2+]1.CC1=Nc2ccccc2[NH2+]1.CCCC[N+]1=C[N+](C)=CC1.O=C(OCC[NH+]1CCOCC1)C12CC3CC(CC(C3)C1)C2.O=C(OCC[NH+]1CCOCC1)C1CCCCC1.[O-]c1c(Br)c(O)c(Br)c(O)c1Br.[O-]c1c(I)cc(I)cc1I.[O-]c1c(I)cc(I)cc1I.[O-]c1c(I)cc(I)cc1I.[O-]c1c(I)cc(I)cc1I. The Balaban J connectivity index is 0.000000204. The minimum absolute atomic E-state index is 0.0130. The Morgan fingerprint density at radius 1 is 0.586 bits per heavy atom. The van der Waals surface area contributed by atoms with Crippen molar-refractivity contribution in [2.45, 2.75) is 104 Å². The number of nitrogens with one attached hydrogen (secondary N) is 2. The maximum absolute atomic E-state index is 12.7. The number of amidine groups is 2. The summed E-state index contributed by atoms with van der Waals surface area (Å²) in [5, 5.41) is 78.2. The molecule has 2 saturated heterocycles. The Morgan fingerprint density at radius 3 is 1.34 bits per heavy atom. The average Bonchev–Trinajstić information content (AvgIpc) is 0.754. The number of quaternary nitrogens is 4. The van der Waals surface area contributed by atoms with Crippen LogP contribution in [0.1, 0.15) is 104 Å². The van der Waals surface area contributed by atoms with Crippen molar-refractivity contribution >= 4 is 366 Å². The van der Waals surface area contributed by atoms with E-state index in [2.05, 4.69) is 381 Å². The molecule has 5 saturated carbocycles. The summed E-state index contributed by atoms with van der Waals surface area (Å²) in [5.41, 5.74) is 2.25. The third-order valence-corrected chi connectivity index (χ3v) is 30.7. The summed E-state index contributed by atoms with van der Waals surface area (Å²) >= 11 is 33.9. The van der Waals surface area contributed by atoms with Crippen molar-refractivity contribution in [3.63, 3.8) is 0 Å². The second-order valence-electron chi connectivity index (χ2n) is 28.6. The van der Waals surface area contributed by atoms with E-state index in [-0.39, 0.29) is 71.2 Å². The van der Waals surface area contributed by atoms with Crippen LogP contribution in [0.2, 0.25) is 0 Å². The zero-order valence-corrected chi connectivity index (χ0v) is 95.0. The highest BCUT2D eigenvalue weighted by Gasteiger charge is 2.55. The third kappa shape index (κ3) is 37.3. The lowest BCUT2D eigenvalue weighted by Gasteiger charge is -2.55. The average molecular weight is 3140 g/mol. The van der Waals surface area contributed by atoms with E-state index in [0.29, 0.717) is 13.2 Å². The van der Waals surface area contributed by atoms with E-state index in [1.807, 2.05) is 80.6 Å². The molecule has 6 aromatic rings. The second-order valence-corrected chi connectivity index (χ2v) is 45.3. The molecule has 6 aromatic carbocycles. The molecule has 10 aliphatic rings. The number of hydrogen-bond acceptors (Lipinski definition) is 15. The molecular weight excluding hydrogens is 3040 g/mol. The van der Waals surface area contributed by atoms with Crippen molar-refractivity contribution in [2.24, 2.45) is 39.1 Å². The van der Waals surface area contributed by atoms with E-state index < -0.39 is 5.75 Å². The van der Waals surface area contributed by atoms with Crippen LogP contribution in [0.5, 0.6) is 40.2 Å². The molecule has 36 heteroatoms. The minimum atomic E-state index is -0.492. The van der Waals surface area contributed by atoms with Crippen molar-refractivity contribution in [2.75, 3.05) is 112 Å². The molecule has 0 amide bonds. The highest BCUT2D eigenvalue weighted by molar-refractivity contribution is 14.1. The summed E-state index contributed by atoms with van der Waals surface area (Å²) < 4.78 is 37.2. The number of aromatic hydroxyl groups is 2. The first-order valence-electron chi connectivity index (χ1n) is 37.7. The smallest absolute Gasteiger partial charge is 0.401 e. The summed E-state index contributed by atoms with van der Waals surface area (Å²) in [4.78, 5) is 35.9. The first-order chi connectivity index (χ1) is 55.1. The fraction of sp³-hybridized carbons (Fsp3) is 0.475. The molecule has 638 valence electrons. The van der Waals surface area contributed by atoms with Gasteiger partial charge in [-0.1, -0.05) is 73.5 Å². The summed E-state index contributed by atoms with van der Waals surface area (Å²) in [6.07, 6.45) is 20.1. The molecule has 5 aliphatic heterocycles. The number of ether oxygens (including phenoxy) is 4. The van der Waals surface area contributed by atoms with Crippen LogP contribution in [0, 0.1) is 71.9 Å². The number of nitrogens with zero attached hydrogens (tertiary/aromatic N) is 4. The number of hydrogen-bond donors (Lipinski definition) is 6. The lowest BCUT2D eigenvalue weighted by molar-refractivity contribution is -0.908. The predicted molar refractivity (Wildman–Crippen MR) is 559 cm³/mol. The van der Waals surface area contributed by atoms with E-state index in [0.717, 1.165) is 190 Å². The molecule has 5 aliphatic carbocycles. The highest BCUT2D eigenvalue weighted by atomic mass is 127. The summed E-state index contributed by atoms with van der Waals surface area (Å²) in [7, 11) is 2.08. The van der Waals surface area contributed by atoms with Gasteiger partial charge in [-0.15, -0.1) is 0 Å². The van der Waals surface area contributed by atoms with E-state index in [4.69, 9.17) is 18.9 Å². The Morgan fingerprint density at radius 2 is 0.991 bits per heavy atom. The molecule has 4 bridgehead atoms. The minimum Gasteiger partial charge on any atom is -0.871 e. The Hall–Kier alpha value is 1.50. The largest absolute Gasteiger partial charge is 0.871 e. The topological polar surface area (TPSA) is 300 Å². The fourth-order valence-electron chi connectivity index (χ4n) is 13.9. The van der Waals surface area contributed by atoms with Gasteiger partial charge in [0.2, 0.25) is 18.6 Å². The van der Waals surface area contributed by atoms with Crippen LogP contribution in [-0.4, -0.2) is 168 Å². The maximum Gasteiger partial charge on any atom is 0.401 e. The molecule has 21 nitrogen and oxygen atoms in total. The Bertz CT molecular complexity index is 3890. The molecule has 116 heavy (non-hydrogen) atoms. The standard InChI is InChI=1S/C17H27NO3.C13H23NO3.C8H8N2.C8H16N2.C6H3Br3O3.4C6H3I3O.C4H8N2/c19-16(21-6-3-18-1-4-20-5-2-18)17-10-13-7-14(11-17)9-15(8-13)12-17;15-13(12-4-2-1-3-5-12)17-11-8-14-6-9-16-10-7-14;1-6-9-7-4-2-3-5-8(7)10-6;1-3-4-5-10-7-6-9(2)8-10;7-1-4(10)2(8)6(12)3(9)5(1)11;4*7-3-1-4(8)6(10)5(9)2-3;1-4-5-2-3-6-4/h13-15H,1-12H2;12H,1-11H2;2-5H,1H3,(H,9,10);6,8H,3-5,7H2,1-2H3;10-12H;4*1-2,10H;2-3H2,1H3,(H,5,6)/q;;;+2;;;;;;/p-1. The van der Waals surface area contributed by atoms with Gasteiger partial charge in [0, 0.05) is 69.2 Å². The third-order valence-electron chi connectivity index (χ3n) is 19.6. The number of carbonyl (C=O) groups excluding carboxylic acids is 2. The van der Waals surface area contributed by atoms with Crippen molar-refractivity contribution in [1.82, 2.24) is 0 Å². The van der Waals surface area contributed by atoms with Crippen LogP contribution in [0.15, 0.2) is 96.2 Å². The van der Waals surface area contributed by atoms with Gasteiger partial charge in [0.25, 0.3) is 0 Å². The van der Waals surface area contributed by atoms with Crippen LogP contribution < -0.4 is 46.0 Å². The second kappa shape index (κ2) is 56.1. The van der Waals surface area contributed by atoms with Gasteiger partial charge >= 0.3 is 18.3 Å². The zero-order chi connectivity index (χ0) is 85.3. The van der Waals surface area contributed by atoms with Gasteiger partial charge in [0.1, 0.15) is 94.3 Å². The van der Waals surface area contributed by atoms with Crippen LogP contribution in [0.3, 0.4) is 0 Å². The lowest BCUT2D eigenvalue weighted by atomic mass is 9.49. The molecule has 0 radical (unpaired) electrons. The number of rotatable bonds is 11. The molecule has 5 heterocycles. The Labute approximate surface area is 870 Å². The number of morpholine rings is 2. The Kier molecular flexibility index (Phi) is 51.4. The summed E-state index contributed by atoms with van der Waals surface area (Å²) in [6.45, 7) is 21.4. The molecular formula is C80H96Br3I12N8O13+. The zero-order valence-electron chi connectivity index (χ0n) is 64.4. The number of fused-ring (bicyclic) bond motifs is 1. The van der Waals surface area contributed by atoms with E-state index in [1.54, 1.807) is 0 Å². The number of aliphatic imine (C=N–C) groups is 2. The van der Waals surface area contributed by atoms with Gasteiger partial charge in [-0.2, -0.15) is 14.1 Å². The van der Waals surface area contributed by atoms with Crippen molar-refractivity contribution in [3.05, 3.63) is 129 Å². The number of benzene rings is 6. The first kappa shape index (κ1) is 106. The summed E-state index contributed by atoms with van der Waals surface area (Å²) in [6, 6.07) is 23.2. The molecule has 0 aromatic heterocycles. The molecule has 16 rings (SSSR count). The highest BCUT2D eigenvalue weighted by Crippen LogP contribution is 2.60. The molecule has 0 spiro atoms. The number of halogens is 15. The monoisotopic (exact) mass is 3140 g/mol. The first-order valence-corrected chi connectivity index (χ1v) is 53.1. The molecule has 0 unspecified atom stereocenters. The number of para-hydroxylation sites is 2. The summed E-state index contributed by atoms with van der Waals surface area (Å²) in [5.74, 6) is 4.56. The van der Waals surface area contributed by atoms with Gasteiger partial charge in [0.05, 0.1) is 53.3 Å². The van der Waals surface area contributed by atoms with Gasteiger partial charge in [0.15, 0.2) is 11.5 Å². The predicted octanol–water partition coefficient (Wildman–Crippen LogP) is 13.9. The van der Waals surface area contributed by atoms with Crippen LogP contribution in [0.4, 0.5) is 11.4 Å². The van der Waals surface area contributed by atoms with E-state index in [9.17, 15) is 45.3 Å². The van der Waals surface area contributed by atoms with E-state index in [1.165, 1.54) is 79.2 Å². The quantitative estimate of drug-likeness (QED) is 0.0305. The number of nitrogens with two attached hydrogens (primary N) is 2. The molecule has 8 N–H and O–H groups in total. The van der Waals surface area contributed by atoms with Gasteiger partial charge < -0.3 is 69.8 Å². The lowest BCUT2D eigenvalue weighted by Crippen LogP contribution is -3.14. The van der Waals surface area contributed by atoms with Crippen LogP contribution in [0.25, 0.3) is 0 Å². The maximum atomic E-state index is 12.7. The normalized spacial score (nSPS) is 19.4. The number of unbranched alkanes of at least 4 members (excludes halogenated alkanes) is 1. The fourth-order valence-corrected chi connectivity index (χ4v) is 30.3. The number of esters is 2. The van der Waals surface area contributed by atoms with Crippen molar-refractivity contribution in [3.8, 4) is 40.2 Å². The van der Waals surface area contributed by atoms with E-state index >= 15 is 0 Å². The number of phenolic OH excluding ortho intramolecular Hbond substituents is 2.